The molecule has 1 unspecified atom stereocenters. The van der Waals surface area contributed by atoms with Crippen LogP contribution in [-0.4, -0.2) is 24.7 Å². The van der Waals surface area contributed by atoms with Crippen LogP contribution in [0.3, 0.4) is 0 Å². The lowest BCUT2D eigenvalue weighted by molar-refractivity contribution is -0.127. The Bertz CT molecular complexity index is 439. The summed E-state index contributed by atoms with van der Waals surface area (Å²) in [5.74, 6) is -0.131. The van der Waals surface area contributed by atoms with Gasteiger partial charge in [0, 0.05) is 6.61 Å². The molecular formula is C14H20N2O2. The van der Waals surface area contributed by atoms with E-state index in [9.17, 15) is 4.79 Å². The Morgan fingerprint density at radius 3 is 2.94 bits per heavy atom. The number of hydrogen-bond acceptors (Lipinski definition) is 3. The van der Waals surface area contributed by atoms with E-state index in [-0.39, 0.29) is 11.9 Å². The number of amides is 1. The van der Waals surface area contributed by atoms with Gasteiger partial charge in [-0.15, -0.1) is 0 Å². The van der Waals surface area contributed by atoms with Gasteiger partial charge in [-0.05, 0) is 25.8 Å². The van der Waals surface area contributed by atoms with Gasteiger partial charge in [0.25, 0.3) is 0 Å². The van der Waals surface area contributed by atoms with E-state index in [1.165, 1.54) is 5.56 Å². The van der Waals surface area contributed by atoms with Gasteiger partial charge in [-0.25, -0.2) is 0 Å². The highest BCUT2D eigenvalue weighted by Gasteiger charge is 2.38. The molecule has 0 spiro atoms. The Labute approximate surface area is 108 Å². The molecule has 3 N–H and O–H groups in total. The van der Waals surface area contributed by atoms with Crippen molar-refractivity contribution in [2.75, 3.05) is 13.2 Å². The van der Waals surface area contributed by atoms with Gasteiger partial charge in [-0.1, -0.05) is 29.8 Å². The third-order valence-corrected chi connectivity index (χ3v) is 3.39. The molecule has 0 aromatic heterocycles. The van der Waals surface area contributed by atoms with E-state index in [4.69, 9.17) is 10.5 Å². The Kier molecular flexibility index (Phi) is 3.68. The van der Waals surface area contributed by atoms with Gasteiger partial charge in [-0.2, -0.15) is 0 Å². The molecule has 98 valence electrons. The summed E-state index contributed by atoms with van der Waals surface area (Å²) in [5.41, 5.74) is 7.43. The monoisotopic (exact) mass is 248 g/mol. The van der Waals surface area contributed by atoms with Gasteiger partial charge in [0.15, 0.2) is 0 Å². The second-order valence-corrected chi connectivity index (χ2v) is 5.07. The fourth-order valence-electron chi connectivity index (χ4n) is 2.12. The van der Waals surface area contributed by atoms with Crippen LogP contribution >= 0.6 is 0 Å². The number of hydrogen-bond donors (Lipinski definition) is 2. The predicted octanol–water partition coefficient (Wildman–Crippen LogP) is 1.29. The summed E-state index contributed by atoms with van der Waals surface area (Å²) >= 11 is 0. The number of benzene rings is 1. The van der Waals surface area contributed by atoms with Crippen molar-refractivity contribution < 1.29 is 9.53 Å². The van der Waals surface area contributed by atoms with Gasteiger partial charge in [0.1, 0.15) is 5.54 Å². The van der Waals surface area contributed by atoms with Crippen LogP contribution in [0.5, 0.6) is 0 Å². The number of nitrogens with one attached hydrogen (secondary N) is 1. The van der Waals surface area contributed by atoms with Crippen LogP contribution in [0.1, 0.15) is 30.5 Å². The predicted molar refractivity (Wildman–Crippen MR) is 70.1 cm³/mol. The van der Waals surface area contributed by atoms with Crippen LogP contribution in [-0.2, 0) is 9.53 Å². The maximum Gasteiger partial charge on any atom is 0.243 e. The van der Waals surface area contributed by atoms with E-state index in [1.807, 2.05) is 32.0 Å². The first-order chi connectivity index (χ1) is 8.51. The molecule has 1 saturated heterocycles. The first kappa shape index (κ1) is 13.1. The van der Waals surface area contributed by atoms with E-state index in [2.05, 4.69) is 11.4 Å². The maximum absolute atomic E-state index is 12.1. The van der Waals surface area contributed by atoms with Crippen molar-refractivity contribution >= 4 is 5.91 Å². The second-order valence-electron chi connectivity index (χ2n) is 5.07. The van der Waals surface area contributed by atoms with Gasteiger partial charge >= 0.3 is 0 Å². The molecule has 1 amide bonds. The molecule has 0 saturated carbocycles. The second kappa shape index (κ2) is 5.08. The standard InChI is InChI=1S/C14H20N2O2/c1-10-4-3-5-12(8-10)11(2)16-13(17)14(15)6-7-18-9-14/h3-5,8,11H,6-7,9,15H2,1-2H3,(H,16,17)/t11-,14?/m0/s1. The van der Waals surface area contributed by atoms with Crippen LogP contribution in [0.4, 0.5) is 0 Å². The average molecular weight is 248 g/mol. The van der Waals surface area contributed by atoms with Crippen molar-refractivity contribution in [3.63, 3.8) is 0 Å². The molecule has 1 fully saturated rings. The number of ether oxygens (including phenoxy) is 1. The Balaban J connectivity index is 2.03. The molecule has 1 aromatic rings. The summed E-state index contributed by atoms with van der Waals surface area (Å²) in [6.07, 6.45) is 0.583. The van der Waals surface area contributed by atoms with Crippen molar-refractivity contribution in [3.8, 4) is 0 Å². The van der Waals surface area contributed by atoms with Crippen molar-refractivity contribution in [1.29, 1.82) is 0 Å². The molecule has 1 heterocycles. The topological polar surface area (TPSA) is 64.4 Å². The summed E-state index contributed by atoms with van der Waals surface area (Å²) in [7, 11) is 0. The Morgan fingerprint density at radius 2 is 2.33 bits per heavy atom. The van der Waals surface area contributed by atoms with Gasteiger partial charge in [-0.3, -0.25) is 4.79 Å². The molecule has 1 aliphatic rings. The third-order valence-electron chi connectivity index (χ3n) is 3.39. The van der Waals surface area contributed by atoms with Crippen LogP contribution < -0.4 is 11.1 Å². The molecule has 2 atom stereocenters. The summed E-state index contributed by atoms with van der Waals surface area (Å²) in [4.78, 5) is 12.1. The molecule has 18 heavy (non-hydrogen) atoms. The Hall–Kier alpha value is -1.39. The summed E-state index contributed by atoms with van der Waals surface area (Å²) in [6.45, 7) is 4.86. The molecule has 4 nitrogen and oxygen atoms in total. The lowest BCUT2D eigenvalue weighted by Gasteiger charge is -2.24. The van der Waals surface area contributed by atoms with E-state index in [0.717, 1.165) is 5.56 Å². The first-order valence-corrected chi connectivity index (χ1v) is 6.25. The maximum atomic E-state index is 12.1. The molecule has 2 rings (SSSR count). The minimum atomic E-state index is -0.863. The summed E-state index contributed by atoms with van der Waals surface area (Å²) in [6, 6.07) is 8.06. The van der Waals surface area contributed by atoms with Gasteiger partial charge in [0.2, 0.25) is 5.91 Å². The van der Waals surface area contributed by atoms with Gasteiger partial charge < -0.3 is 15.8 Å². The zero-order chi connectivity index (χ0) is 13.2. The smallest absolute Gasteiger partial charge is 0.243 e. The quantitative estimate of drug-likeness (QED) is 0.847. The van der Waals surface area contributed by atoms with E-state index in [0.29, 0.717) is 19.6 Å². The average Bonchev–Trinajstić information content (AvgIpc) is 2.77. The molecule has 0 radical (unpaired) electrons. The zero-order valence-electron chi connectivity index (χ0n) is 10.9. The lowest BCUT2D eigenvalue weighted by Crippen LogP contribution is -2.54. The largest absolute Gasteiger partial charge is 0.379 e. The SMILES string of the molecule is Cc1cccc([C@H](C)NC(=O)C2(N)CCOC2)c1. The fraction of sp³-hybridized carbons (Fsp3) is 0.500. The highest BCUT2D eigenvalue weighted by Crippen LogP contribution is 2.19. The third kappa shape index (κ3) is 2.71. The first-order valence-electron chi connectivity index (χ1n) is 6.25. The molecule has 4 heteroatoms. The van der Waals surface area contributed by atoms with Gasteiger partial charge in [0.05, 0.1) is 12.6 Å². The normalized spacial score (nSPS) is 24.8. The molecular weight excluding hydrogens is 228 g/mol. The fourth-order valence-corrected chi connectivity index (χ4v) is 2.12. The van der Waals surface area contributed by atoms with E-state index >= 15 is 0 Å². The number of carbonyl (C=O) groups is 1. The van der Waals surface area contributed by atoms with Crippen molar-refractivity contribution in [2.24, 2.45) is 5.73 Å². The highest BCUT2D eigenvalue weighted by molar-refractivity contribution is 5.86. The number of nitrogens with two attached hydrogens (primary N) is 1. The summed E-state index contributed by atoms with van der Waals surface area (Å²) in [5, 5.41) is 2.96. The van der Waals surface area contributed by atoms with E-state index < -0.39 is 5.54 Å². The van der Waals surface area contributed by atoms with Crippen LogP contribution in [0, 0.1) is 6.92 Å². The molecule has 1 aliphatic heterocycles. The molecule has 0 aliphatic carbocycles. The number of aryl methyl sites for hydroxylation is 1. The van der Waals surface area contributed by atoms with Crippen LogP contribution in [0.25, 0.3) is 0 Å². The summed E-state index contributed by atoms with van der Waals surface area (Å²) < 4.78 is 5.20. The van der Waals surface area contributed by atoms with Crippen LogP contribution in [0.2, 0.25) is 0 Å². The molecule has 1 aromatic carbocycles. The minimum absolute atomic E-state index is 0.0431. The van der Waals surface area contributed by atoms with Crippen molar-refractivity contribution in [3.05, 3.63) is 35.4 Å². The van der Waals surface area contributed by atoms with Crippen molar-refractivity contribution in [2.45, 2.75) is 31.8 Å². The minimum Gasteiger partial charge on any atom is -0.379 e. The van der Waals surface area contributed by atoms with E-state index in [1.54, 1.807) is 0 Å². The lowest BCUT2D eigenvalue weighted by atomic mass is 9.98. The number of rotatable bonds is 3. The number of carbonyl (C=O) groups excluding carboxylic acids is 1. The Morgan fingerprint density at radius 1 is 1.56 bits per heavy atom. The molecule has 0 bridgehead atoms. The zero-order valence-corrected chi connectivity index (χ0v) is 10.9. The highest BCUT2D eigenvalue weighted by atomic mass is 16.5. The van der Waals surface area contributed by atoms with Crippen molar-refractivity contribution in [1.82, 2.24) is 5.32 Å². The van der Waals surface area contributed by atoms with Crippen LogP contribution in [0.15, 0.2) is 24.3 Å².